The van der Waals surface area contributed by atoms with Gasteiger partial charge in [-0.25, -0.2) is 0 Å². The Kier molecular flexibility index (Phi) is 5.22. The molecule has 0 aliphatic heterocycles. The molecule has 0 heterocycles. The van der Waals surface area contributed by atoms with Gasteiger partial charge >= 0.3 is 0 Å². The van der Waals surface area contributed by atoms with E-state index in [1.54, 1.807) is 0 Å². The van der Waals surface area contributed by atoms with Crippen molar-refractivity contribution in [2.24, 2.45) is 11.7 Å². The second kappa shape index (κ2) is 5.99. The number of hydrogen-bond acceptors (Lipinski definition) is 3. The van der Waals surface area contributed by atoms with Crippen molar-refractivity contribution < 1.29 is 5.11 Å². The smallest absolute Gasteiger partial charge is 0.0753 e. The molecular formula is C13H28N2O. The summed E-state index contributed by atoms with van der Waals surface area (Å²) in [5.41, 5.74) is 4.85. The minimum Gasteiger partial charge on any atom is -0.389 e. The standard InChI is InChI=1S/C13H28N2O/c1-11(2)6-8-15(12-4-5-12)9-7-13(3,16)10-14/h11-12,16H,4-10,14H2,1-3H3. The van der Waals surface area contributed by atoms with E-state index in [0.29, 0.717) is 6.54 Å². The molecule has 1 saturated carbocycles. The molecule has 0 aromatic rings. The lowest BCUT2D eigenvalue weighted by Gasteiger charge is -2.28. The maximum atomic E-state index is 9.90. The average Bonchev–Trinajstić information content (AvgIpc) is 3.01. The van der Waals surface area contributed by atoms with Gasteiger partial charge in [-0.2, -0.15) is 0 Å². The third kappa shape index (κ3) is 5.28. The van der Waals surface area contributed by atoms with Crippen molar-refractivity contribution in [3.05, 3.63) is 0 Å². The Labute approximate surface area is 100 Å². The Hall–Kier alpha value is -0.120. The van der Waals surface area contributed by atoms with Crippen molar-refractivity contribution in [2.75, 3.05) is 19.6 Å². The van der Waals surface area contributed by atoms with Crippen molar-refractivity contribution in [2.45, 2.75) is 58.1 Å². The zero-order valence-corrected chi connectivity index (χ0v) is 11.1. The van der Waals surface area contributed by atoms with Crippen LogP contribution in [-0.4, -0.2) is 41.3 Å². The van der Waals surface area contributed by atoms with Gasteiger partial charge in [-0.15, -0.1) is 0 Å². The highest BCUT2D eigenvalue weighted by Crippen LogP contribution is 2.28. The lowest BCUT2D eigenvalue weighted by atomic mass is 10.0. The van der Waals surface area contributed by atoms with Crippen molar-refractivity contribution in [3.8, 4) is 0 Å². The Morgan fingerprint density at radius 2 is 2.00 bits per heavy atom. The summed E-state index contributed by atoms with van der Waals surface area (Å²) in [4.78, 5) is 2.53. The van der Waals surface area contributed by atoms with E-state index in [-0.39, 0.29) is 0 Å². The average molecular weight is 228 g/mol. The summed E-state index contributed by atoms with van der Waals surface area (Å²) in [5, 5.41) is 9.90. The normalized spacial score (nSPS) is 20.4. The molecule has 0 bridgehead atoms. The van der Waals surface area contributed by atoms with Gasteiger partial charge in [-0.1, -0.05) is 13.8 Å². The van der Waals surface area contributed by atoms with Crippen LogP contribution in [0.5, 0.6) is 0 Å². The number of aliphatic hydroxyl groups is 1. The zero-order valence-electron chi connectivity index (χ0n) is 11.1. The predicted molar refractivity (Wildman–Crippen MR) is 68.3 cm³/mol. The largest absolute Gasteiger partial charge is 0.389 e. The molecule has 1 rings (SSSR count). The van der Waals surface area contributed by atoms with Crippen LogP contribution in [0.15, 0.2) is 0 Å². The third-order valence-electron chi connectivity index (χ3n) is 3.43. The molecule has 3 heteroatoms. The van der Waals surface area contributed by atoms with E-state index in [2.05, 4.69) is 18.7 Å². The van der Waals surface area contributed by atoms with E-state index in [1.165, 1.54) is 25.8 Å². The van der Waals surface area contributed by atoms with Gasteiger partial charge in [0, 0.05) is 19.1 Å². The van der Waals surface area contributed by atoms with Crippen LogP contribution in [0.2, 0.25) is 0 Å². The molecule has 1 fully saturated rings. The highest BCUT2D eigenvalue weighted by atomic mass is 16.3. The van der Waals surface area contributed by atoms with Crippen LogP contribution in [0, 0.1) is 5.92 Å². The zero-order chi connectivity index (χ0) is 12.2. The van der Waals surface area contributed by atoms with Gasteiger partial charge in [0.1, 0.15) is 0 Å². The van der Waals surface area contributed by atoms with Crippen LogP contribution in [0.1, 0.15) is 46.5 Å². The second-order valence-electron chi connectivity index (χ2n) is 5.90. The molecule has 1 unspecified atom stereocenters. The first-order valence-corrected chi connectivity index (χ1v) is 6.61. The first-order valence-electron chi connectivity index (χ1n) is 6.61. The van der Waals surface area contributed by atoms with Gasteiger partial charge in [0.2, 0.25) is 0 Å². The summed E-state index contributed by atoms with van der Waals surface area (Å²) in [6.45, 7) is 8.88. The number of hydrogen-bond donors (Lipinski definition) is 2. The molecular weight excluding hydrogens is 200 g/mol. The molecule has 1 aliphatic carbocycles. The summed E-state index contributed by atoms with van der Waals surface area (Å²) >= 11 is 0. The van der Waals surface area contributed by atoms with Gasteiger partial charge in [0.15, 0.2) is 0 Å². The van der Waals surface area contributed by atoms with Gasteiger partial charge in [-0.05, 0) is 45.1 Å². The molecule has 0 spiro atoms. The minimum atomic E-state index is -0.690. The molecule has 0 radical (unpaired) electrons. The van der Waals surface area contributed by atoms with Crippen LogP contribution < -0.4 is 5.73 Å². The number of nitrogens with zero attached hydrogens (tertiary/aromatic N) is 1. The maximum absolute atomic E-state index is 9.90. The Balaban J connectivity index is 2.28. The highest BCUT2D eigenvalue weighted by molar-refractivity contribution is 4.86. The van der Waals surface area contributed by atoms with E-state index in [1.807, 2.05) is 6.92 Å². The van der Waals surface area contributed by atoms with E-state index in [0.717, 1.165) is 24.9 Å². The Bertz CT molecular complexity index is 200. The lowest BCUT2D eigenvalue weighted by Crippen LogP contribution is -2.39. The molecule has 96 valence electrons. The van der Waals surface area contributed by atoms with E-state index < -0.39 is 5.60 Å². The third-order valence-corrected chi connectivity index (χ3v) is 3.43. The molecule has 1 aliphatic rings. The van der Waals surface area contributed by atoms with Crippen LogP contribution >= 0.6 is 0 Å². The first kappa shape index (κ1) is 13.9. The van der Waals surface area contributed by atoms with Gasteiger partial charge in [-0.3, -0.25) is 0 Å². The number of nitrogens with two attached hydrogens (primary N) is 1. The molecule has 0 aromatic heterocycles. The fraction of sp³-hybridized carbons (Fsp3) is 1.00. The van der Waals surface area contributed by atoms with Crippen LogP contribution in [-0.2, 0) is 0 Å². The molecule has 3 N–H and O–H groups in total. The fourth-order valence-electron chi connectivity index (χ4n) is 1.83. The predicted octanol–water partition coefficient (Wildman–Crippen LogP) is 1.60. The van der Waals surface area contributed by atoms with Crippen molar-refractivity contribution in [1.29, 1.82) is 0 Å². The summed E-state index contributed by atoms with van der Waals surface area (Å²) in [7, 11) is 0. The summed E-state index contributed by atoms with van der Waals surface area (Å²) < 4.78 is 0. The van der Waals surface area contributed by atoms with E-state index in [4.69, 9.17) is 5.73 Å². The SMILES string of the molecule is CC(C)CCN(CCC(C)(O)CN)C1CC1. The molecule has 0 saturated heterocycles. The topological polar surface area (TPSA) is 49.5 Å². The van der Waals surface area contributed by atoms with Gasteiger partial charge in [0.05, 0.1) is 5.60 Å². The fourth-order valence-corrected chi connectivity index (χ4v) is 1.83. The minimum absolute atomic E-state index is 0.357. The second-order valence-corrected chi connectivity index (χ2v) is 5.90. The number of rotatable bonds is 8. The van der Waals surface area contributed by atoms with Crippen molar-refractivity contribution >= 4 is 0 Å². The van der Waals surface area contributed by atoms with Crippen molar-refractivity contribution in [3.63, 3.8) is 0 Å². The van der Waals surface area contributed by atoms with E-state index in [9.17, 15) is 5.11 Å². The molecule has 0 amide bonds. The molecule has 3 nitrogen and oxygen atoms in total. The molecule has 16 heavy (non-hydrogen) atoms. The summed E-state index contributed by atoms with van der Waals surface area (Å²) in [6, 6.07) is 0.785. The lowest BCUT2D eigenvalue weighted by molar-refractivity contribution is 0.0461. The summed E-state index contributed by atoms with van der Waals surface area (Å²) in [5.74, 6) is 0.760. The first-order chi connectivity index (χ1) is 7.44. The molecule has 1 atom stereocenters. The van der Waals surface area contributed by atoms with Gasteiger partial charge < -0.3 is 15.7 Å². The highest BCUT2D eigenvalue weighted by Gasteiger charge is 2.30. The van der Waals surface area contributed by atoms with Crippen molar-refractivity contribution in [1.82, 2.24) is 4.90 Å². The van der Waals surface area contributed by atoms with Crippen LogP contribution in [0.25, 0.3) is 0 Å². The van der Waals surface area contributed by atoms with Gasteiger partial charge in [0.25, 0.3) is 0 Å². The van der Waals surface area contributed by atoms with Crippen LogP contribution in [0.3, 0.4) is 0 Å². The van der Waals surface area contributed by atoms with E-state index >= 15 is 0 Å². The van der Waals surface area contributed by atoms with Crippen LogP contribution in [0.4, 0.5) is 0 Å². The molecule has 0 aromatic carbocycles. The Morgan fingerprint density at radius 1 is 1.38 bits per heavy atom. The quantitative estimate of drug-likeness (QED) is 0.663. The Morgan fingerprint density at radius 3 is 2.44 bits per heavy atom. The maximum Gasteiger partial charge on any atom is 0.0753 e. The summed E-state index contributed by atoms with van der Waals surface area (Å²) in [6.07, 6.45) is 4.71. The monoisotopic (exact) mass is 228 g/mol.